The second-order valence-electron chi connectivity index (χ2n) is 5.99. The maximum Gasteiger partial charge on any atom is 0.329 e. The Kier molecular flexibility index (Phi) is 8.76. The lowest BCUT2D eigenvalue weighted by atomic mass is 10.2. The van der Waals surface area contributed by atoms with Crippen LogP contribution in [0.5, 0.6) is 5.75 Å². The fraction of sp³-hybridized carbons (Fsp3) is 0.200. The number of ether oxygens (including phenoxy) is 1. The summed E-state index contributed by atoms with van der Waals surface area (Å²) in [5.41, 5.74) is 3.04. The standard InChI is InChI=1S/C20H20ClFN4O4/c1-2-8-23-19(28)20(29)26-24-11-13-4-3-5-15(9-13)30-12-18(27)25-14-6-7-17(22)16(21)10-14/h3-7,9-11H,2,8,12H2,1H3,(H,23,28)(H,25,27)(H,26,29)/b24-11-. The number of benzene rings is 2. The van der Waals surface area contributed by atoms with Crippen molar-refractivity contribution in [2.24, 2.45) is 5.10 Å². The highest BCUT2D eigenvalue weighted by Gasteiger charge is 2.11. The third-order valence-electron chi connectivity index (χ3n) is 3.55. The lowest BCUT2D eigenvalue weighted by Gasteiger charge is -2.08. The van der Waals surface area contributed by atoms with Gasteiger partial charge in [0.05, 0.1) is 11.2 Å². The van der Waals surface area contributed by atoms with Gasteiger partial charge in [-0.25, -0.2) is 9.82 Å². The minimum atomic E-state index is -0.871. The summed E-state index contributed by atoms with van der Waals surface area (Å²) in [4.78, 5) is 34.9. The summed E-state index contributed by atoms with van der Waals surface area (Å²) in [5.74, 6) is -2.29. The van der Waals surface area contributed by atoms with Crippen LogP contribution in [0.1, 0.15) is 18.9 Å². The van der Waals surface area contributed by atoms with Gasteiger partial charge in [0.25, 0.3) is 5.91 Å². The molecule has 0 saturated heterocycles. The van der Waals surface area contributed by atoms with Crippen LogP contribution in [0.15, 0.2) is 47.6 Å². The Bertz CT molecular complexity index is 952. The third kappa shape index (κ3) is 7.51. The Morgan fingerprint density at radius 1 is 1.17 bits per heavy atom. The molecule has 0 atom stereocenters. The molecule has 2 rings (SSSR count). The van der Waals surface area contributed by atoms with E-state index in [1.165, 1.54) is 18.3 Å². The van der Waals surface area contributed by atoms with Crippen LogP contribution in [0.4, 0.5) is 10.1 Å². The van der Waals surface area contributed by atoms with Gasteiger partial charge in [0.2, 0.25) is 0 Å². The monoisotopic (exact) mass is 434 g/mol. The summed E-state index contributed by atoms with van der Waals surface area (Å²) in [6, 6.07) is 10.4. The maximum atomic E-state index is 13.1. The van der Waals surface area contributed by atoms with E-state index in [0.717, 1.165) is 6.07 Å². The Hall–Kier alpha value is -3.46. The highest BCUT2D eigenvalue weighted by Crippen LogP contribution is 2.19. The van der Waals surface area contributed by atoms with Crippen LogP contribution < -0.4 is 20.8 Å². The Morgan fingerprint density at radius 2 is 1.97 bits per heavy atom. The molecule has 0 radical (unpaired) electrons. The summed E-state index contributed by atoms with van der Waals surface area (Å²) < 4.78 is 18.6. The highest BCUT2D eigenvalue weighted by molar-refractivity contribution is 6.35. The Morgan fingerprint density at radius 3 is 2.70 bits per heavy atom. The van der Waals surface area contributed by atoms with Crippen molar-refractivity contribution in [1.29, 1.82) is 0 Å². The van der Waals surface area contributed by atoms with E-state index < -0.39 is 23.5 Å². The van der Waals surface area contributed by atoms with Gasteiger partial charge >= 0.3 is 11.8 Å². The first-order valence-corrected chi connectivity index (χ1v) is 9.36. The van der Waals surface area contributed by atoms with Gasteiger partial charge in [0.1, 0.15) is 11.6 Å². The number of hydrogen-bond acceptors (Lipinski definition) is 5. The largest absolute Gasteiger partial charge is 0.484 e. The molecule has 0 aliphatic rings. The molecule has 2 aromatic rings. The van der Waals surface area contributed by atoms with E-state index in [1.54, 1.807) is 24.3 Å². The van der Waals surface area contributed by atoms with E-state index in [0.29, 0.717) is 30.0 Å². The number of carbonyl (C=O) groups is 3. The van der Waals surface area contributed by atoms with Gasteiger partial charge in [-0.1, -0.05) is 30.7 Å². The van der Waals surface area contributed by atoms with Crippen molar-refractivity contribution in [3.05, 3.63) is 58.9 Å². The number of hydrogen-bond donors (Lipinski definition) is 3. The molecule has 0 fully saturated rings. The van der Waals surface area contributed by atoms with Gasteiger partial charge in [-0.15, -0.1) is 0 Å². The third-order valence-corrected chi connectivity index (χ3v) is 3.84. The Balaban J connectivity index is 1.84. The fourth-order valence-corrected chi connectivity index (χ4v) is 2.32. The number of amides is 3. The average molecular weight is 435 g/mol. The number of nitrogens with zero attached hydrogens (tertiary/aromatic N) is 1. The molecule has 0 aliphatic heterocycles. The van der Waals surface area contributed by atoms with Gasteiger partial charge in [-0.2, -0.15) is 5.10 Å². The van der Waals surface area contributed by atoms with Crippen molar-refractivity contribution < 1.29 is 23.5 Å². The topological polar surface area (TPSA) is 109 Å². The molecule has 10 heteroatoms. The molecule has 8 nitrogen and oxygen atoms in total. The van der Waals surface area contributed by atoms with E-state index in [-0.39, 0.29) is 11.6 Å². The van der Waals surface area contributed by atoms with E-state index >= 15 is 0 Å². The number of carbonyl (C=O) groups excluding carboxylic acids is 3. The van der Waals surface area contributed by atoms with Gasteiger partial charge < -0.3 is 15.4 Å². The smallest absolute Gasteiger partial charge is 0.329 e. The first-order chi connectivity index (χ1) is 14.4. The second kappa shape index (κ2) is 11.5. The zero-order valence-corrected chi connectivity index (χ0v) is 16.8. The van der Waals surface area contributed by atoms with Crippen LogP contribution in [-0.4, -0.2) is 37.1 Å². The van der Waals surface area contributed by atoms with E-state index in [9.17, 15) is 18.8 Å². The molecular weight excluding hydrogens is 415 g/mol. The van der Waals surface area contributed by atoms with Crippen molar-refractivity contribution >= 4 is 41.2 Å². The number of nitrogens with one attached hydrogen (secondary N) is 3. The van der Waals surface area contributed by atoms with Crippen molar-refractivity contribution in [1.82, 2.24) is 10.7 Å². The number of anilines is 1. The molecule has 0 heterocycles. The predicted molar refractivity (Wildman–Crippen MR) is 111 cm³/mol. The minimum Gasteiger partial charge on any atom is -0.484 e. The van der Waals surface area contributed by atoms with Crippen LogP contribution >= 0.6 is 11.6 Å². The highest BCUT2D eigenvalue weighted by atomic mass is 35.5. The predicted octanol–water partition coefficient (Wildman–Crippen LogP) is 2.47. The molecule has 3 amide bonds. The summed E-state index contributed by atoms with van der Waals surface area (Å²) in [5, 5.41) is 8.59. The first-order valence-electron chi connectivity index (χ1n) is 8.98. The second-order valence-corrected chi connectivity index (χ2v) is 6.40. The minimum absolute atomic E-state index is 0.101. The fourth-order valence-electron chi connectivity index (χ4n) is 2.14. The molecule has 0 unspecified atom stereocenters. The van der Waals surface area contributed by atoms with Gasteiger partial charge in [-0.05, 0) is 42.3 Å². The molecule has 0 aliphatic carbocycles. The van der Waals surface area contributed by atoms with E-state index in [1.807, 2.05) is 6.92 Å². The molecule has 0 spiro atoms. The lowest BCUT2D eigenvalue weighted by Crippen LogP contribution is -2.38. The van der Waals surface area contributed by atoms with Crippen LogP contribution in [0.3, 0.4) is 0 Å². The normalized spacial score (nSPS) is 10.5. The van der Waals surface area contributed by atoms with Gasteiger partial charge in [-0.3, -0.25) is 14.4 Å². The van der Waals surface area contributed by atoms with Crippen molar-refractivity contribution in [3.8, 4) is 5.75 Å². The molecule has 3 N–H and O–H groups in total. The first kappa shape index (κ1) is 22.8. The summed E-state index contributed by atoms with van der Waals surface area (Å²) >= 11 is 5.67. The van der Waals surface area contributed by atoms with Crippen molar-refractivity contribution in [2.75, 3.05) is 18.5 Å². The molecule has 2 aromatic carbocycles. The molecular formula is C20H20ClFN4O4. The lowest BCUT2D eigenvalue weighted by molar-refractivity contribution is -0.139. The van der Waals surface area contributed by atoms with Crippen LogP contribution in [0.25, 0.3) is 0 Å². The molecule has 158 valence electrons. The Labute approximate surface area is 177 Å². The number of hydrazone groups is 1. The average Bonchev–Trinajstić information content (AvgIpc) is 2.73. The maximum absolute atomic E-state index is 13.1. The van der Waals surface area contributed by atoms with Crippen LogP contribution in [0, 0.1) is 5.82 Å². The number of halogens is 2. The van der Waals surface area contributed by atoms with Gasteiger partial charge in [0, 0.05) is 12.2 Å². The summed E-state index contributed by atoms with van der Waals surface area (Å²) in [7, 11) is 0. The zero-order valence-electron chi connectivity index (χ0n) is 16.1. The van der Waals surface area contributed by atoms with Crippen LogP contribution in [-0.2, 0) is 14.4 Å². The SMILES string of the molecule is CCCNC(=O)C(=O)N/N=C\c1cccc(OCC(=O)Nc2ccc(F)c(Cl)c2)c1. The van der Waals surface area contributed by atoms with E-state index in [2.05, 4.69) is 21.2 Å². The van der Waals surface area contributed by atoms with Crippen molar-refractivity contribution in [3.63, 3.8) is 0 Å². The van der Waals surface area contributed by atoms with E-state index in [4.69, 9.17) is 16.3 Å². The molecule has 30 heavy (non-hydrogen) atoms. The molecule has 0 saturated carbocycles. The molecule has 0 bridgehead atoms. The summed E-state index contributed by atoms with van der Waals surface area (Å²) in [6.07, 6.45) is 2.04. The van der Waals surface area contributed by atoms with Crippen molar-refractivity contribution in [2.45, 2.75) is 13.3 Å². The van der Waals surface area contributed by atoms with Gasteiger partial charge in [0.15, 0.2) is 6.61 Å². The quantitative estimate of drug-likeness (QED) is 0.337. The number of rotatable bonds is 8. The molecule has 0 aromatic heterocycles. The summed E-state index contributed by atoms with van der Waals surface area (Å²) in [6.45, 7) is 1.98. The zero-order chi connectivity index (χ0) is 21.9. The van der Waals surface area contributed by atoms with Crippen LogP contribution in [0.2, 0.25) is 5.02 Å².